The van der Waals surface area contributed by atoms with Crippen LogP contribution in [0, 0.1) is 5.92 Å². The van der Waals surface area contributed by atoms with Gasteiger partial charge in [-0.3, -0.25) is 0 Å². The zero-order valence-electron chi connectivity index (χ0n) is 17.8. The van der Waals surface area contributed by atoms with Crippen molar-refractivity contribution < 1.29 is 9.90 Å². The molecule has 2 N–H and O–H groups in total. The number of hydrogen-bond acceptors (Lipinski definition) is 3. The quantitative estimate of drug-likeness (QED) is 0.681. The minimum absolute atomic E-state index is 0.359. The molecule has 1 saturated heterocycles. The van der Waals surface area contributed by atoms with E-state index < -0.39 is 5.97 Å². The number of hydrogen-bond donors (Lipinski definition) is 2. The second-order valence-corrected chi connectivity index (χ2v) is 8.78. The molecule has 0 amide bonds. The Morgan fingerprint density at radius 2 is 1.80 bits per heavy atom. The number of benzene rings is 2. The third-order valence-electron chi connectivity index (χ3n) is 6.52. The number of nitrogens with zero attached hydrogens (tertiary/aromatic N) is 1. The average molecular weight is 405 g/mol. The Hall–Kier alpha value is -2.43. The summed E-state index contributed by atoms with van der Waals surface area (Å²) in [6.45, 7) is 5.59. The minimum atomic E-state index is -0.861. The molecule has 2 aromatic rings. The Morgan fingerprint density at radius 1 is 1.10 bits per heavy atom. The summed E-state index contributed by atoms with van der Waals surface area (Å²) in [6.07, 6.45) is 7.00. The summed E-state index contributed by atoms with van der Waals surface area (Å²) in [5, 5.41) is 12.9. The number of nitrogens with one attached hydrogen (secondary N) is 1. The first-order valence-corrected chi connectivity index (χ1v) is 11.1. The molecule has 2 aliphatic rings. The van der Waals surface area contributed by atoms with Crippen molar-refractivity contribution in [1.82, 2.24) is 10.2 Å². The van der Waals surface area contributed by atoms with E-state index in [1.807, 2.05) is 12.1 Å². The number of piperidine rings is 1. The van der Waals surface area contributed by atoms with Crippen molar-refractivity contribution in [3.8, 4) is 0 Å². The van der Waals surface area contributed by atoms with Crippen molar-refractivity contribution in [3.63, 3.8) is 0 Å². The molecule has 0 aromatic heterocycles. The summed E-state index contributed by atoms with van der Waals surface area (Å²) >= 11 is 0. The Balaban J connectivity index is 1.17. The van der Waals surface area contributed by atoms with E-state index in [2.05, 4.69) is 53.5 Å². The Labute approximate surface area is 179 Å². The summed E-state index contributed by atoms with van der Waals surface area (Å²) in [7, 11) is 0. The molecule has 0 radical (unpaired) electrons. The lowest BCUT2D eigenvalue weighted by Crippen LogP contribution is -2.44. The lowest BCUT2D eigenvalue weighted by atomic mass is 10.0. The fraction of sp³-hybridized carbons (Fsp3) is 0.423. The fourth-order valence-corrected chi connectivity index (χ4v) is 4.53. The molecule has 1 heterocycles. The highest BCUT2D eigenvalue weighted by Crippen LogP contribution is 2.38. The second kappa shape index (κ2) is 9.59. The molecule has 30 heavy (non-hydrogen) atoms. The first kappa shape index (κ1) is 20.8. The van der Waals surface area contributed by atoms with E-state index in [4.69, 9.17) is 5.11 Å². The van der Waals surface area contributed by atoms with Gasteiger partial charge in [0.1, 0.15) is 0 Å². The van der Waals surface area contributed by atoms with Crippen molar-refractivity contribution >= 4 is 12.0 Å². The van der Waals surface area contributed by atoms with Gasteiger partial charge < -0.3 is 15.3 Å². The number of likely N-dealkylation sites (tertiary alicyclic amines) is 1. The molecule has 4 rings (SSSR count). The van der Waals surface area contributed by atoms with Crippen LogP contribution in [0.25, 0.3) is 6.08 Å². The van der Waals surface area contributed by atoms with Crippen LogP contribution in [0.1, 0.15) is 47.7 Å². The van der Waals surface area contributed by atoms with Gasteiger partial charge in [-0.2, -0.15) is 0 Å². The SMILES string of the molecule is C/C(=C\c1ccccc1)[C@@H]1C[C@H]1NC1CCN(CCc2ccc(C(=O)O)cc2)CC1. The van der Waals surface area contributed by atoms with Crippen LogP contribution in [-0.4, -0.2) is 47.7 Å². The van der Waals surface area contributed by atoms with Gasteiger partial charge in [-0.05, 0) is 74.9 Å². The predicted octanol–water partition coefficient (Wildman–Crippen LogP) is 4.47. The van der Waals surface area contributed by atoms with Gasteiger partial charge in [0.2, 0.25) is 0 Å². The molecular formula is C26H32N2O2. The van der Waals surface area contributed by atoms with Crippen LogP contribution in [0.3, 0.4) is 0 Å². The van der Waals surface area contributed by atoms with Gasteiger partial charge in [0.25, 0.3) is 0 Å². The Bertz CT molecular complexity index is 868. The maximum absolute atomic E-state index is 11.0. The van der Waals surface area contributed by atoms with Gasteiger partial charge in [0, 0.05) is 18.6 Å². The van der Waals surface area contributed by atoms with Gasteiger partial charge in [-0.1, -0.05) is 54.1 Å². The Kier molecular flexibility index (Phi) is 6.66. The molecule has 2 fully saturated rings. The number of aromatic carboxylic acids is 1. The van der Waals surface area contributed by atoms with Crippen molar-refractivity contribution in [1.29, 1.82) is 0 Å². The molecule has 0 spiro atoms. The molecule has 0 unspecified atom stereocenters. The third kappa shape index (κ3) is 5.59. The van der Waals surface area contributed by atoms with E-state index in [0.29, 0.717) is 23.6 Å². The van der Waals surface area contributed by atoms with E-state index in [1.165, 1.54) is 36.0 Å². The van der Waals surface area contributed by atoms with E-state index in [0.717, 1.165) is 26.1 Å². The highest BCUT2D eigenvalue weighted by molar-refractivity contribution is 5.87. The van der Waals surface area contributed by atoms with Crippen molar-refractivity contribution in [2.24, 2.45) is 5.92 Å². The second-order valence-electron chi connectivity index (χ2n) is 8.78. The first-order valence-electron chi connectivity index (χ1n) is 11.1. The normalized spacial score (nSPS) is 22.8. The largest absolute Gasteiger partial charge is 0.478 e. The topological polar surface area (TPSA) is 52.6 Å². The molecule has 2 aromatic carbocycles. The molecule has 2 atom stereocenters. The average Bonchev–Trinajstić information content (AvgIpc) is 3.53. The zero-order valence-corrected chi connectivity index (χ0v) is 17.8. The summed E-state index contributed by atoms with van der Waals surface area (Å²) in [5.74, 6) is -0.170. The van der Waals surface area contributed by atoms with Crippen LogP contribution in [0.4, 0.5) is 0 Å². The first-order chi connectivity index (χ1) is 14.6. The smallest absolute Gasteiger partial charge is 0.335 e. The van der Waals surface area contributed by atoms with E-state index in [-0.39, 0.29) is 0 Å². The number of carboxylic acid groups (broad SMARTS) is 1. The number of carbonyl (C=O) groups is 1. The van der Waals surface area contributed by atoms with Crippen molar-refractivity contribution in [2.75, 3.05) is 19.6 Å². The van der Waals surface area contributed by atoms with Crippen LogP contribution in [0.15, 0.2) is 60.2 Å². The van der Waals surface area contributed by atoms with Crippen LogP contribution < -0.4 is 5.32 Å². The van der Waals surface area contributed by atoms with Gasteiger partial charge in [0.05, 0.1) is 5.56 Å². The minimum Gasteiger partial charge on any atom is -0.478 e. The van der Waals surface area contributed by atoms with Crippen molar-refractivity contribution in [2.45, 2.75) is 44.7 Å². The molecule has 4 nitrogen and oxygen atoms in total. The lowest BCUT2D eigenvalue weighted by molar-refractivity contribution is 0.0697. The molecular weight excluding hydrogens is 372 g/mol. The fourth-order valence-electron chi connectivity index (χ4n) is 4.53. The number of carboxylic acids is 1. The molecule has 4 heteroatoms. The molecule has 1 saturated carbocycles. The Morgan fingerprint density at radius 3 is 2.47 bits per heavy atom. The molecule has 0 bridgehead atoms. The third-order valence-corrected chi connectivity index (χ3v) is 6.52. The van der Waals surface area contributed by atoms with E-state index in [9.17, 15) is 4.79 Å². The molecule has 158 valence electrons. The monoisotopic (exact) mass is 404 g/mol. The van der Waals surface area contributed by atoms with Crippen LogP contribution in [0.2, 0.25) is 0 Å². The highest BCUT2D eigenvalue weighted by Gasteiger charge is 2.39. The highest BCUT2D eigenvalue weighted by atomic mass is 16.4. The maximum atomic E-state index is 11.0. The van der Waals surface area contributed by atoms with Crippen LogP contribution in [-0.2, 0) is 6.42 Å². The molecule has 1 aliphatic carbocycles. The van der Waals surface area contributed by atoms with Crippen LogP contribution >= 0.6 is 0 Å². The lowest BCUT2D eigenvalue weighted by Gasteiger charge is -2.32. The summed E-state index contributed by atoms with van der Waals surface area (Å²) < 4.78 is 0. The van der Waals surface area contributed by atoms with E-state index >= 15 is 0 Å². The van der Waals surface area contributed by atoms with Gasteiger partial charge >= 0.3 is 5.97 Å². The van der Waals surface area contributed by atoms with Gasteiger partial charge in [-0.15, -0.1) is 0 Å². The van der Waals surface area contributed by atoms with Gasteiger partial charge in [0.15, 0.2) is 0 Å². The summed E-state index contributed by atoms with van der Waals surface area (Å²) in [6, 6.07) is 19.2. The predicted molar refractivity (Wildman–Crippen MR) is 122 cm³/mol. The summed E-state index contributed by atoms with van der Waals surface area (Å²) in [4.78, 5) is 13.5. The summed E-state index contributed by atoms with van der Waals surface area (Å²) in [5.41, 5.74) is 4.36. The molecule has 1 aliphatic heterocycles. The number of rotatable bonds is 8. The van der Waals surface area contributed by atoms with Gasteiger partial charge in [-0.25, -0.2) is 4.79 Å². The van der Waals surface area contributed by atoms with Crippen LogP contribution in [0.5, 0.6) is 0 Å². The van der Waals surface area contributed by atoms with E-state index in [1.54, 1.807) is 12.1 Å². The van der Waals surface area contributed by atoms with Crippen molar-refractivity contribution in [3.05, 3.63) is 76.9 Å². The maximum Gasteiger partial charge on any atom is 0.335 e. The standard InChI is InChI=1S/C26H32N2O2/c1-19(17-21-5-3-2-4-6-21)24-18-25(24)27-23-12-15-28(16-13-23)14-11-20-7-9-22(10-8-20)26(29)30/h2-10,17,23-25,27H,11-16,18H2,1H3,(H,29,30)/b19-17+/t24-,25+/m0/s1. The zero-order chi connectivity index (χ0) is 20.9.